The van der Waals surface area contributed by atoms with E-state index in [1.165, 1.54) is 11.0 Å². The second kappa shape index (κ2) is 12.0. The number of hydrogen-bond donors (Lipinski definition) is 1. The predicted molar refractivity (Wildman–Crippen MR) is 170 cm³/mol. The Balaban J connectivity index is 1.40. The molecule has 42 heavy (non-hydrogen) atoms. The number of fused-ring (bicyclic) bond motifs is 3. The van der Waals surface area contributed by atoms with Gasteiger partial charge in [0, 0.05) is 69.6 Å². The second-order valence-corrected chi connectivity index (χ2v) is 14.2. The molecule has 2 aromatic rings. The van der Waals surface area contributed by atoms with Crippen molar-refractivity contribution in [1.82, 2.24) is 14.7 Å². The van der Waals surface area contributed by atoms with Gasteiger partial charge in [0.2, 0.25) is 5.91 Å². The molecule has 1 saturated heterocycles. The number of hydrogen-bond acceptors (Lipinski definition) is 6. The normalized spacial score (nSPS) is 22.5. The van der Waals surface area contributed by atoms with Gasteiger partial charge in [-0.25, -0.2) is 4.39 Å². The van der Waals surface area contributed by atoms with Crippen LogP contribution < -0.4 is 20.3 Å². The number of anilines is 1. The van der Waals surface area contributed by atoms with Crippen LogP contribution in [0.2, 0.25) is 0 Å². The monoisotopic (exact) mass is 590 g/mol. The molecule has 2 aromatic carbocycles. The molecule has 0 saturated carbocycles. The Labute approximate surface area is 252 Å². The lowest BCUT2D eigenvalue weighted by atomic mass is 9.78. The summed E-state index contributed by atoms with van der Waals surface area (Å²) < 4.78 is 28.4. The fourth-order valence-electron chi connectivity index (χ4n) is 6.18. The topological polar surface area (TPSA) is 57.3 Å². The summed E-state index contributed by atoms with van der Waals surface area (Å²) >= 11 is 0. The lowest BCUT2D eigenvalue weighted by molar-refractivity contribution is -0.123. The zero-order chi connectivity index (χ0) is 30.3. The van der Waals surface area contributed by atoms with Gasteiger partial charge in [0.15, 0.2) is 11.6 Å². The standard InChI is InChI=1S/C32H41BFN4O3P/c1-19-14-24-23(9-10-27-31(24)40-20(2)35-27)30(38(19)18-32(3,4)42)29-25(33)15-22(16-26(29)34)41-21-11-13-37(17-21)12-7-8-28(39)36(5)6/h7-10,15-16,19,21,30,35H,2,11-14,17-18,42H2,1,3-6H3/b8-7+/t19-,21?,30?/m1/s1. The molecule has 1 N–H and O–H groups in total. The van der Waals surface area contributed by atoms with E-state index in [4.69, 9.17) is 17.3 Å². The van der Waals surface area contributed by atoms with Gasteiger partial charge in [-0.1, -0.05) is 31.5 Å². The maximum Gasteiger partial charge on any atom is 0.245 e. The molecule has 1 amide bonds. The molecular formula is C32H41BFN4O3P. The van der Waals surface area contributed by atoms with Crippen molar-refractivity contribution in [2.75, 3.05) is 45.6 Å². The minimum absolute atomic E-state index is 0.0399. The zero-order valence-electron chi connectivity index (χ0n) is 25.2. The van der Waals surface area contributed by atoms with Crippen LogP contribution in [0.5, 0.6) is 11.5 Å². The Hall–Kier alpha value is -2.87. The summed E-state index contributed by atoms with van der Waals surface area (Å²) in [5, 5.41) is 3.09. The molecular weight excluding hydrogens is 549 g/mol. The average molecular weight is 590 g/mol. The van der Waals surface area contributed by atoms with E-state index in [0.29, 0.717) is 35.7 Å². The molecule has 222 valence electrons. The highest BCUT2D eigenvalue weighted by Gasteiger charge is 2.40. The number of likely N-dealkylation sites (tertiary alicyclic amines) is 1. The van der Waals surface area contributed by atoms with Gasteiger partial charge in [-0.15, -0.1) is 9.24 Å². The number of benzene rings is 2. The Kier molecular flexibility index (Phi) is 8.76. The van der Waals surface area contributed by atoms with Crippen LogP contribution >= 0.6 is 9.24 Å². The van der Waals surface area contributed by atoms with Crippen molar-refractivity contribution >= 4 is 34.1 Å². The van der Waals surface area contributed by atoms with Crippen LogP contribution in [0, 0.1) is 5.82 Å². The minimum atomic E-state index is -0.390. The van der Waals surface area contributed by atoms with E-state index in [1.54, 1.807) is 26.2 Å². The molecule has 3 unspecified atom stereocenters. The first-order chi connectivity index (χ1) is 19.8. The number of nitrogens with zero attached hydrogens (tertiary/aromatic N) is 3. The molecule has 0 spiro atoms. The van der Waals surface area contributed by atoms with E-state index >= 15 is 4.39 Å². The van der Waals surface area contributed by atoms with E-state index in [0.717, 1.165) is 48.5 Å². The Morgan fingerprint density at radius 2 is 2.12 bits per heavy atom. The molecule has 1 fully saturated rings. The predicted octanol–water partition coefficient (Wildman–Crippen LogP) is 3.98. The minimum Gasteiger partial charge on any atom is -0.489 e. The Bertz CT molecular complexity index is 1390. The molecule has 5 rings (SSSR count). The summed E-state index contributed by atoms with van der Waals surface area (Å²) in [5.74, 6) is 1.27. The van der Waals surface area contributed by atoms with Crippen LogP contribution in [0.1, 0.15) is 49.9 Å². The van der Waals surface area contributed by atoms with Crippen LogP contribution in [0.3, 0.4) is 0 Å². The van der Waals surface area contributed by atoms with Crippen molar-refractivity contribution in [2.24, 2.45) is 0 Å². The molecule has 3 heterocycles. The summed E-state index contributed by atoms with van der Waals surface area (Å²) in [5.41, 5.74) is 3.75. The first-order valence-corrected chi connectivity index (χ1v) is 15.1. The molecule has 3 aliphatic heterocycles. The SMILES string of the molecule is [B]c1cc(OC2CCN(C/C=C/C(=O)N(C)C)C2)cc(F)c1C1c2ccc3c(c2C[C@@H](C)N1CC(C)(C)P)OC(=C)N3. The summed E-state index contributed by atoms with van der Waals surface area (Å²) in [6, 6.07) is 6.99. The number of carbonyl (C=O) groups is 1. The van der Waals surface area contributed by atoms with Gasteiger partial charge in [0.05, 0.1) is 11.7 Å². The summed E-state index contributed by atoms with van der Waals surface area (Å²) in [4.78, 5) is 17.9. The van der Waals surface area contributed by atoms with Crippen molar-refractivity contribution in [3.8, 4) is 11.5 Å². The lowest BCUT2D eigenvalue weighted by Crippen LogP contribution is -2.48. The van der Waals surface area contributed by atoms with Gasteiger partial charge in [0.1, 0.15) is 25.5 Å². The fourth-order valence-corrected chi connectivity index (χ4v) is 6.39. The van der Waals surface area contributed by atoms with Gasteiger partial charge < -0.3 is 19.7 Å². The van der Waals surface area contributed by atoms with Crippen LogP contribution in [-0.4, -0.2) is 86.0 Å². The highest BCUT2D eigenvalue weighted by molar-refractivity contribution is 7.18. The molecule has 10 heteroatoms. The van der Waals surface area contributed by atoms with Crippen LogP contribution in [0.25, 0.3) is 0 Å². The van der Waals surface area contributed by atoms with Crippen molar-refractivity contribution < 1.29 is 18.7 Å². The van der Waals surface area contributed by atoms with E-state index in [1.807, 2.05) is 12.1 Å². The van der Waals surface area contributed by atoms with Gasteiger partial charge in [-0.3, -0.25) is 14.6 Å². The van der Waals surface area contributed by atoms with Crippen LogP contribution in [0.15, 0.2) is 48.9 Å². The van der Waals surface area contributed by atoms with E-state index in [2.05, 4.69) is 57.8 Å². The molecule has 2 radical (unpaired) electrons. The molecule has 0 aromatic heterocycles. The first kappa shape index (κ1) is 30.6. The Morgan fingerprint density at radius 1 is 1.36 bits per heavy atom. The number of ether oxygens (including phenoxy) is 2. The number of halogens is 1. The fraction of sp³-hybridized carbons (Fsp3) is 0.469. The number of amides is 1. The van der Waals surface area contributed by atoms with Crippen LogP contribution in [-0.2, 0) is 11.2 Å². The average Bonchev–Trinajstić information content (AvgIpc) is 3.50. The van der Waals surface area contributed by atoms with Crippen molar-refractivity contribution in [3.63, 3.8) is 0 Å². The maximum atomic E-state index is 16.2. The largest absolute Gasteiger partial charge is 0.489 e. The van der Waals surface area contributed by atoms with Crippen LogP contribution in [0.4, 0.5) is 10.1 Å². The van der Waals surface area contributed by atoms with E-state index in [-0.39, 0.29) is 35.1 Å². The van der Waals surface area contributed by atoms with Crippen molar-refractivity contribution in [3.05, 3.63) is 71.4 Å². The molecule has 3 aliphatic rings. The van der Waals surface area contributed by atoms with Gasteiger partial charge in [-0.05, 0) is 49.2 Å². The van der Waals surface area contributed by atoms with E-state index < -0.39 is 0 Å². The third-order valence-electron chi connectivity index (χ3n) is 8.08. The molecule has 0 bridgehead atoms. The summed E-state index contributed by atoms with van der Waals surface area (Å²) in [6.45, 7) is 13.3. The highest BCUT2D eigenvalue weighted by Crippen LogP contribution is 2.47. The first-order valence-electron chi connectivity index (χ1n) is 14.5. The number of rotatable bonds is 8. The number of likely N-dealkylation sites (N-methyl/N-ethyl adjacent to an activating group) is 1. The molecule has 4 atom stereocenters. The number of carbonyl (C=O) groups excluding carboxylic acids is 1. The molecule has 7 nitrogen and oxygen atoms in total. The third kappa shape index (κ3) is 6.54. The summed E-state index contributed by atoms with van der Waals surface area (Å²) in [6.07, 6.45) is 4.95. The van der Waals surface area contributed by atoms with Gasteiger partial charge >= 0.3 is 0 Å². The van der Waals surface area contributed by atoms with Crippen molar-refractivity contribution in [2.45, 2.75) is 57.0 Å². The Morgan fingerprint density at radius 3 is 2.81 bits per heavy atom. The van der Waals surface area contributed by atoms with E-state index in [9.17, 15) is 4.79 Å². The lowest BCUT2D eigenvalue weighted by Gasteiger charge is -2.45. The quantitative estimate of drug-likeness (QED) is 0.285. The van der Waals surface area contributed by atoms with Crippen molar-refractivity contribution in [1.29, 1.82) is 0 Å². The maximum absolute atomic E-state index is 16.2. The van der Waals surface area contributed by atoms with Gasteiger partial charge in [-0.2, -0.15) is 0 Å². The highest BCUT2D eigenvalue weighted by atomic mass is 31.0. The summed E-state index contributed by atoms with van der Waals surface area (Å²) in [7, 11) is 13.0. The smallest absolute Gasteiger partial charge is 0.245 e. The zero-order valence-corrected chi connectivity index (χ0v) is 26.4. The third-order valence-corrected chi connectivity index (χ3v) is 8.27. The second-order valence-electron chi connectivity index (χ2n) is 12.6. The number of nitrogens with one attached hydrogen (secondary N) is 1. The molecule has 0 aliphatic carbocycles. The van der Waals surface area contributed by atoms with Gasteiger partial charge in [0.25, 0.3) is 0 Å².